The Balaban J connectivity index is 2.03. The summed E-state index contributed by atoms with van der Waals surface area (Å²) in [4.78, 5) is 12.4. The van der Waals surface area contributed by atoms with Gasteiger partial charge < -0.3 is 10.1 Å². The summed E-state index contributed by atoms with van der Waals surface area (Å²) in [5, 5.41) is 2.83. The topological polar surface area (TPSA) is 75.7 Å². The molecular formula is C18H22N2O4S. The molecule has 0 heterocycles. The molecule has 2 rings (SSSR count). The van der Waals surface area contributed by atoms with Gasteiger partial charge in [0.1, 0.15) is 5.75 Å². The molecule has 0 unspecified atom stereocenters. The van der Waals surface area contributed by atoms with Gasteiger partial charge in [-0.1, -0.05) is 24.3 Å². The van der Waals surface area contributed by atoms with E-state index in [0.29, 0.717) is 24.2 Å². The molecule has 0 spiro atoms. The smallest absolute Gasteiger partial charge is 0.253 e. The van der Waals surface area contributed by atoms with Crippen molar-refractivity contribution in [2.75, 3.05) is 31.3 Å². The van der Waals surface area contributed by atoms with Gasteiger partial charge in [-0.25, -0.2) is 8.42 Å². The van der Waals surface area contributed by atoms with E-state index in [-0.39, 0.29) is 5.91 Å². The van der Waals surface area contributed by atoms with Crippen LogP contribution in [0.1, 0.15) is 15.9 Å². The van der Waals surface area contributed by atoms with Crippen molar-refractivity contribution in [1.29, 1.82) is 0 Å². The van der Waals surface area contributed by atoms with Crippen LogP contribution < -0.4 is 14.4 Å². The summed E-state index contributed by atoms with van der Waals surface area (Å²) in [6, 6.07) is 14.2. The Morgan fingerprint density at radius 2 is 1.76 bits per heavy atom. The highest BCUT2D eigenvalue weighted by Gasteiger charge is 2.19. The van der Waals surface area contributed by atoms with E-state index in [1.54, 1.807) is 31.4 Å². The number of nitrogens with one attached hydrogen (secondary N) is 1. The molecule has 6 nitrogen and oxygen atoms in total. The summed E-state index contributed by atoms with van der Waals surface area (Å²) in [7, 11) is -0.400. The number of hydrogen-bond acceptors (Lipinski definition) is 4. The molecule has 134 valence electrons. The molecule has 1 amide bonds. The molecule has 0 aliphatic heterocycles. The Labute approximate surface area is 148 Å². The van der Waals surface area contributed by atoms with Crippen LogP contribution in [0.15, 0.2) is 48.5 Å². The second-order valence-electron chi connectivity index (χ2n) is 5.60. The number of anilines is 1. The summed E-state index contributed by atoms with van der Waals surface area (Å²) in [6.45, 7) is 0.447. The van der Waals surface area contributed by atoms with Crippen LogP contribution in [0.4, 0.5) is 5.69 Å². The van der Waals surface area contributed by atoms with Crippen molar-refractivity contribution in [2.24, 2.45) is 0 Å². The van der Waals surface area contributed by atoms with Crippen LogP contribution in [0.3, 0.4) is 0 Å². The molecule has 0 bridgehead atoms. The Morgan fingerprint density at radius 3 is 2.36 bits per heavy atom. The fraction of sp³-hybridized carbons (Fsp3) is 0.278. The molecule has 2 aromatic rings. The predicted molar refractivity (Wildman–Crippen MR) is 98.7 cm³/mol. The molecule has 0 aliphatic rings. The molecule has 0 aromatic heterocycles. The molecule has 0 radical (unpaired) electrons. The molecule has 0 saturated carbocycles. The zero-order valence-electron chi connectivity index (χ0n) is 14.5. The molecule has 2 aromatic carbocycles. The molecule has 1 N–H and O–H groups in total. The minimum Gasteiger partial charge on any atom is -0.497 e. The summed E-state index contributed by atoms with van der Waals surface area (Å²) >= 11 is 0. The first-order chi connectivity index (χ1) is 11.8. The van der Waals surface area contributed by atoms with Gasteiger partial charge in [0, 0.05) is 13.6 Å². The first kappa shape index (κ1) is 18.8. The lowest BCUT2D eigenvalue weighted by Gasteiger charge is -2.19. The predicted octanol–water partition coefficient (Wildman–Crippen LogP) is 2.06. The van der Waals surface area contributed by atoms with E-state index < -0.39 is 10.0 Å². The summed E-state index contributed by atoms with van der Waals surface area (Å²) in [6.07, 6.45) is 1.77. The normalized spacial score (nSPS) is 11.0. The first-order valence-corrected chi connectivity index (χ1v) is 9.62. The van der Waals surface area contributed by atoms with E-state index in [1.165, 1.54) is 7.05 Å². The third-order valence-corrected chi connectivity index (χ3v) is 5.04. The molecule has 7 heteroatoms. The number of rotatable bonds is 7. The van der Waals surface area contributed by atoms with Gasteiger partial charge in [0.05, 0.1) is 24.6 Å². The van der Waals surface area contributed by atoms with Gasteiger partial charge in [0.15, 0.2) is 0 Å². The van der Waals surface area contributed by atoms with E-state index in [2.05, 4.69) is 5.32 Å². The van der Waals surface area contributed by atoms with Crippen LogP contribution in [0.2, 0.25) is 0 Å². The van der Waals surface area contributed by atoms with Crippen molar-refractivity contribution in [3.05, 3.63) is 59.7 Å². The fourth-order valence-corrected chi connectivity index (χ4v) is 2.84. The van der Waals surface area contributed by atoms with Gasteiger partial charge in [-0.05, 0) is 36.2 Å². The molecule has 25 heavy (non-hydrogen) atoms. The van der Waals surface area contributed by atoms with Crippen molar-refractivity contribution in [3.8, 4) is 5.75 Å². The maximum absolute atomic E-state index is 12.4. The van der Waals surface area contributed by atoms with Gasteiger partial charge in [-0.3, -0.25) is 9.10 Å². The molecule has 0 saturated heterocycles. The van der Waals surface area contributed by atoms with Crippen molar-refractivity contribution in [1.82, 2.24) is 5.32 Å². The number of para-hydroxylation sites is 1. The highest BCUT2D eigenvalue weighted by molar-refractivity contribution is 7.92. The minimum atomic E-state index is -3.44. The summed E-state index contributed by atoms with van der Waals surface area (Å²) in [5.41, 5.74) is 1.75. The highest BCUT2D eigenvalue weighted by atomic mass is 32.2. The van der Waals surface area contributed by atoms with Crippen LogP contribution in [-0.2, 0) is 16.4 Å². The molecular weight excluding hydrogens is 340 g/mol. The van der Waals surface area contributed by atoms with Crippen LogP contribution in [-0.4, -0.2) is 41.3 Å². The monoisotopic (exact) mass is 362 g/mol. The fourth-order valence-electron chi connectivity index (χ4n) is 2.33. The van der Waals surface area contributed by atoms with E-state index >= 15 is 0 Å². The van der Waals surface area contributed by atoms with Crippen molar-refractivity contribution < 1.29 is 17.9 Å². The average molecular weight is 362 g/mol. The number of carbonyl (C=O) groups excluding carboxylic acids is 1. The van der Waals surface area contributed by atoms with Crippen molar-refractivity contribution >= 4 is 21.6 Å². The Hall–Kier alpha value is -2.54. The molecule has 0 fully saturated rings. The number of sulfonamides is 1. The van der Waals surface area contributed by atoms with Crippen LogP contribution in [0.25, 0.3) is 0 Å². The first-order valence-electron chi connectivity index (χ1n) is 7.77. The minimum absolute atomic E-state index is 0.306. The van der Waals surface area contributed by atoms with Gasteiger partial charge in [0.2, 0.25) is 10.0 Å². The SMILES string of the molecule is COc1ccc(CCNC(=O)c2ccccc2N(C)S(C)(=O)=O)cc1. The quantitative estimate of drug-likeness (QED) is 0.818. The second-order valence-corrected chi connectivity index (χ2v) is 7.62. The Morgan fingerprint density at radius 1 is 1.12 bits per heavy atom. The third kappa shape index (κ3) is 4.96. The zero-order chi connectivity index (χ0) is 18.4. The third-order valence-electron chi connectivity index (χ3n) is 3.84. The maximum atomic E-state index is 12.4. The number of methoxy groups -OCH3 is 1. The number of carbonyl (C=O) groups is 1. The average Bonchev–Trinajstić information content (AvgIpc) is 2.60. The van der Waals surface area contributed by atoms with Crippen molar-refractivity contribution in [2.45, 2.75) is 6.42 Å². The van der Waals surface area contributed by atoms with Gasteiger partial charge in [0.25, 0.3) is 5.91 Å². The highest BCUT2D eigenvalue weighted by Crippen LogP contribution is 2.21. The lowest BCUT2D eigenvalue weighted by atomic mass is 10.1. The standard InChI is InChI=1S/C18H22N2O4S/c1-20(25(3,22)23)17-7-5-4-6-16(17)18(21)19-13-12-14-8-10-15(24-2)11-9-14/h4-11H,12-13H2,1-3H3,(H,19,21). The van der Waals surface area contributed by atoms with E-state index in [9.17, 15) is 13.2 Å². The number of ether oxygens (including phenoxy) is 1. The largest absolute Gasteiger partial charge is 0.497 e. The Kier molecular flexibility index (Phi) is 6.03. The lowest BCUT2D eigenvalue weighted by molar-refractivity contribution is 0.0955. The number of nitrogens with zero attached hydrogens (tertiary/aromatic N) is 1. The summed E-state index contributed by atoms with van der Waals surface area (Å²) < 4.78 is 29.7. The summed E-state index contributed by atoms with van der Waals surface area (Å²) in [5.74, 6) is 0.477. The number of benzene rings is 2. The van der Waals surface area contributed by atoms with Crippen LogP contribution in [0.5, 0.6) is 5.75 Å². The second kappa shape index (κ2) is 8.02. The maximum Gasteiger partial charge on any atom is 0.253 e. The lowest BCUT2D eigenvalue weighted by Crippen LogP contribution is -2.30. The molecule has 0 atom stereocenters. The van der Waals surface area contributed by atoms with Gasteiger partial charge >= 0.3 is 0 Å². The molecule has 0 aliphatic carbocycles. The van der Waals surface area contributed by atoms with Gasteiger partial charge in [-0.15, -0.1) is 0 Å². The van der Waals surface area contributed by atoms with Crippen LogP contribution in [0, 0.1) is 0 Å². The van der Waals surface area contributed by atoms with E-state index in [4.69, 9.17) is 4.74 Å². The zero-order valence-corrected chi connectivity index (χ0v) is 15.3. The van der Waals surface area contributed by atoms with Gasteiger partial charge in [-0.2, -0.15) is 0 Å². The van der Waals surface area contributed by atoms with E-state index in [0.717, 1.165) is 21.9 Å². The van der Waals surface area contributed by atoms with Crippen molar-refractivity contribution in [3.63, 3.8) is 0 Å². The Bertz CT molecular complexity index is 832. The number of amides is 1. The van der Waals surface area contributed by atoms with E-state index in [1.807, 2.05) is 24.3 Å². The number of hydrogen-bond donors (Lipinski definition) is 1. The van der Waals surface area contributed by atoms with Crippen LogP contribution >= 0.6 is 0 Å².